The molecule has 0 N–H and O–H groups in total. The predicted octanol–water partition coefficient (Wildman–Crippen LogP) is 2.05. The van der Waals surface area contributed by atoms with E-state index in [9.17, 15) is 4.79 Å². The van der Waals surface area contributed by atoms with E-state index in [1.165, 1.54) is 0 Å². The highest BCUT2D eigenvalue weighted by molar-refractivity contribution is 5.71. The van der Waals surface area contributed by atoms with E-state index in [0.717, 1.165) is 0 Å². The zero-order chi connectivity index (χ0) is 14.5. The van der Waals surface area contributed by atoms with Crippen LogP contribution >= 0.6 is 0 Å². The van der Waals surface area contributed by atoms with Crippen molar-refractivity contribution in [2.75, 3.05) is 19.8 Å². The van der Waals surface area contributed by atoms with Crippen LogP contribution in [0.4, 0.5) is 0 Å². The molecule has 5 heteroatoms. The normalized spacial score (nSPS) is 22.9. The highest BCUT2D eigenvalue weighted by Crippen LogP contribution is 2.22. The van der Waals surface area contributed by atoms with Crippen molar-refractivity contribution in [3.63, 3.8) is 0 Å². The fraction of sp³-hybridized carbons (Fsp3) is 0.786. The van der Waals surface area contributed by atoms with Crippen LogP contribution in [-0.2, 0) is 23.7 Å². The molecule has 0 spiro atoms. The minimum Gasteiger partial charge on any atom is -0.458 e. The molecule has 1 atom stereocenters. The van der Waals surface area contributed by atoms with E-state index in [0.29, 0.717) is 13.2 Å². The Morgan fingerprint density at radius 3 is 2.63 bits per heavy atom. The summed E-state index contributed by atoms with van der Waals surface area (Å²) in [5, 5.41) is 0. The number of hydrogen-bond donors (Lipinski definition) is 0. The van der Waals surface area contributed by atoms with Gasteiger partial charge >= 0.3 is 5.97 Å². The second-order valence-corrected chi connectivity index (χ2v) is 5.90. The molecule has 0 aromatic rings. The van der Waals surface area contributed by atoms with E-state index < -0.39 is 11.4 Å². The van der Waals surface area contributed by atoms with E-state index in [2.05, 4.69) is 0 Å². The summed E-state index contributed by atoms with van der Waals surface area (Å²) in [6.45, 7) is 10.1. The van der Waals surface area contributed by atoms with Gasteiger partial charge in [-0.2, -0.15) is 0 Å². The fourth-order valence-electron chi connectivity index (χ4n) is 1.60. The van der Waals surface area contributed by atoms with Crippen molar-refractivity contribution in [1.29, 1.82) is 0 Å². The van der Waals surface area contributed by atoms with Gasteiger partial charge in [-0.1, -0.05) is 12.2 Å². The maximum Gasteiger partial charge on any atom is 0.332 e. The molecular formula is C14H24O5. The molecular weight excluding hydrogens is 248 g/mol. The second kappa shape index (κ2) is 6.50. The van der Waals surface area contributed by atoms with Crippen LogP contribution in [0.2, 0.25) is 0 Å². The first-order valence-electron chi connectivity index (χ1n) is 6.46. The first-order chi connectivity index (χ1) is 8.68. The highest BCUT2D eigenvalue weighted by atomic mass is 16.7. The van der Waals surface area contributed by atoms with Gasteiger partial charge < -0.3 is 18.9 Å². The SMILES string of the molecule is CC(C)(C)OC(=O)COC/C=C\[C@@H]1COC(C)(C)O1. The number of carbonyl (C=O) groups is 1. The molecule has 19 heavy (non-hydrogen) atoms. The number of carbonyl (C=O) groups excluding carboxylic acids is 1. The van der Waals surface area contributed by atoms with Crippen LogP contribution in [-0.4, -0.2) is 43.3 Å². The molecule has 0 aliphatic carbocycles. The smallest absolute Gasteiger partial charge is 0.332 e. The van der Waals surface area contributed by atoms with Gasteiger partial charge in [0, 0.05) is 0 Å². The molecule has 110 valence electrons. The summed E-state index contributed by atoms with van der Waals surface area (Å²) in [5.74, 6) is -0.880. The van der Waals surface area contributed by atoms with Crippen LogP contribution in [0.15, 0.2) is 12.2 Å². The van der Waals surface area contributed by atoms with Crippen molar-refractivity contribution < 1.29 is 23.7 Å². The zero-order valence-corrected chi connectivity index (χ0v) is 12.4. The molecule has 5 nitrogen and oxygen atoms in total. The highest BCUT2D eigenvalue weighted by Gasteiger charge is 2.30. The van der Waals surface area contributed by atoms with Crippen LogP contribution in [0, 0.1) is 0 Å². The molecule has 0 aromatic carbocycles. The standard InChI is InChI=1S/C14H24O5/c1-13(2,3)19-12(15)10-16-8-6-7-11-9-17-14(4,5)18-11/h6-7,11H,8-10H2,1-5H3/b7-6-/t11-/m1/s1. The Labute approximate surface area is 114 Å². The second-order valence-electron chi connectivity index (χ2n) is 5.90. The van der Waals surface area contributed by atoms with Crippen LogP contribution < -0.4 is 0 Å². The molecule has 1 rings (SSSR count). The Morgan fingerprint density at radius 2 is 2.11 bits per heavy atom. The number of hydrogen-bond acceptors (Lipinski definition) is 5. The number of ether oxygens (including phenoxy) is 4. The lowest BCUT2D eigenvalue weighted by Crippen LogP contribution is -2.26. The topological polar surface area (TPSA) is 54.0 Å². The first-order valence-corrected chi connectivity index (χ1v) is 6.46. The largest absolute Gasteiger partial charge is 0.458 e. The summed E-state index contributed by atoms with van der Waals surface area (Å²) in [5.41, 5.74) is -0.475. The van der Waals surface area contributed by atoms with Gasteiger partial charge in [0.1, 0.15) is 18.3 Å². The number of esters is 1. The average molecular weight is 272 g/mol. The maximum atomic E-state index is 11.3. The fourth-order valence-corrected chi connectivity index (χ4v) is 1.60. The van der Waals surface area contributed by atoms with Gasteiger partial charge in [0.05, 0.1) is 13.2 Å². The number of rotatable bonds is 5. The van der Waals surface area contributed by atoms with Gasteiger partial charge in [-0.15, -0.1) is 0 Å². The Balaban J connectivity index is 2.13. The van der Waals surface area contributed by atoms with Crippen molar-refractivity contribution in [1.82, 2.24) is 0 Å². The Hall–Kier alpha value is -0.910. The van der Waals surface area contributed by atoms with E-state index >= 15 is 0 Å². The molecule has 1 aliphatic rings. The minimum atomic E-state index is -0.521. The lowest BCUT2D eigenvalue weighted by molar-refractivity contribution is -0.159. The van der Waals surface area contributed by atoms with Gasteiger partial charge in [-0.25, -0.2) is 4.79 Å². The summed E-state index contributed by atoms with van der Waals surface area (Å²) >= 11 is 0. The third-order valence-corrected chi connectivity index (χ3v) is 2.24. The molecule has 0 amide bonds. The van der Waals surface area contributed by atoms with Crippen LogP contribution in [0.1, 0.15) is 34.6 Å². The molecule has 0 bridgehead atoms. The van der Waals surface area contributed by atoms with Gasteiger partial charge in [0.25, 0.3) is 0 Å². The monoisotopic (exact) mass is 272 g/mol. The summed E-state index contributed by atoms with van der Waals surface area (Å²) < 4.78 is 21.3. The third kappa shape index (κ3) is 7.30. The lowest BCUT2D eigenvalue weighted by Gasteiger charge is -2.19. The Morgan fingerprint density at radius 1 is 1.42 bits per heavy atom. The summed E-state index contributed by atoms with van der Waals surface area (Å²) in [6, 6.07) is 0. The van der Waals surface area contributed by atoms with Gasteiger partial charge in [-0.3, -0.25) is 0 Å². The van der Waals surface area contributed by atoms with Crippen LogP contribution in [0.3, 0.4) is 0 Å². The van der Waals surface area contributed by atoms with Crippen molar-refractivity contribution in [3.8, 4) is 0 Å². The van der Waals surface area contributed by atoms with E-state index in [4.69, 9.17) is 18.9 Å². The maximum absolute atomic E-state index is 11.3. The lowest BCUT2D eigenvalue weighted by atomic mass is 10.2. The van der Waals surface area contributed by atoms with Crippen molar-refractivity contribution in [2.45, 2.75) is 52.1 Å². The van der Waals surface area contributed by atoms with E-state index in [-0.39, 0.29) is 18.7 Å². The molecule has 0 saturated carbocycles. The molecule has 1 fully saturated rings. The molecule has 1 saturated heterocycles. The van der Waals surface area contributed by atoms with E-state index in [1.54, 1.807) is 0 Å². The van der Waals surface area contributed by atoms with Crippen molar-refractivity contribution in [3.05, 3.63) is 12.2 Å². The minimum absolute atomic E-state index is 0.0465. The zero-order valence-electron chi connectivity index (χ0n) is 12.4. The van der Waals surface area contributed by atoms with Gasteiger partial charge in [0.15, 0.2) is 5.79 Å². The molecule has 0 radical (unpaired) electrons. The quantitative estimate of drug-likeness (QED) is 0.435. The Kier molecular flexibility index (Phi) is 5.52. The third-order valence-electron chi connectivity index (χ3n) is 2.24. The Bertz CT molecular complexity index is 327. The van der Waals surface area contributed by atoms with E-state index in [1.807, 2.05) is 46.8 Å². The van der Waals surface area contributed by atoms with Crippen LogP contribution in [0.25, 0.3) is 0 Å². The summed E-state index contributed by atoms with van der Waals surface area (Å²) in [4.78, 5) is 11.3. The van der Waals surface area contributed by atoms with Crippen molar-refractivity contribution in [2.24, 2.45) is 0 Å². The first kappa shape index (κ1) is 16.1. The molecule has 1 heterocycles. The summed E-state index contributed by atoms with van der Waals surface area (Å²) in [7, 11) is 0. The van der Waals surface area contributed by atoms with Gasteiger partial charge in [0.2, 0.25) is 0 Å². The van der Waals surface area contributed by atoms with Gasteiger partial charge in [-0.05, 0) is 34.6 Å². The van der Waals surface area contributed by atoms with Crippen molar-refractivity contribution >= 4 is 5.97 Å². The molecule has 0 unspecified atom stereocenters. The average Bonchev–Trinajstić information content (AvgIpc) is 2.55. The van der Waals surface area contributed by atoms with Crippen LogP contribution in [0.5, 0.6) is 0 Å². The molecule has 0 aromatic heterocycles. The molecule has 1 aliphatic heterocycles. The predicted molar refractivity (Wildman–Crippen MR) is 70.7 cm³/mol. The summed E-state index contributed by atoms with van der Waals surface area (Å²) in [6.07, 6.45) is 3.64.